The second-order valence-electron chi connectivity index (χ2n) is 5.28. The summed E-state index contributed by atoms with van der Waals surface area (Å²) in [5, 5.41) is 2.81. The van der Waals surface area contributed by atoms with E-state index in [-0.39, 0.29) is 18.6 Å². The van der Waals surface area contributed by atoms with Crippen LogP contribution in [-0.4, -0.2) is 18.6 Å². The summed E-state index contributed by atoms with van der Waals surface area (Å²) in [5.74, 6) is 1.12. The summed E-state index contributed by atoms with van der Waals surface area (Å²) in [6.45, 7) is 4.00. The number of carbonyl (C=O) groups excluding carboxylic acids is 1. The van der Waals surface area contributed by atoms with Crippen molar-refractivity contribution in [3.05, 3.63) is 51.4 Å². The zero-order valence-corrected chi connectivity index (χ0v) is 16.7. The maximum absolute atomic E-state index is 12.1. The summed E-state index contributed by atoms with van der Waals surface area (Å²) in [6.07, 6.45) is 1.06. The molecule has 4 nitrogen and oxygen atoms in total. The van der Waals surface area contributed by atoms with Gasteiger partial charge in [0, 0.05) is 16.2 Å². The third-order valence-electron chi connectivity index (χ3n) is 3.28. The molecule has 1 atom stereocenters. The van der Waals surface area contributed by atoms with Crippen LogP contribution in [0.2, 0.25) is 0 Å². The van der Waals surface area contributed by atoms with Crippen LogP contribution in [0.1, 0.15) is 20.3 Å². The van der Waals surface area contributed by atoms with Crippen molar-refractivity contribution in [3.63, 3.8) is 0 Å². The van der Waals surface area contributed by atoms with Gasteiger partial charge in [-0.15, -0.1) is 0 Å². The van der Waals surface area contributed by atoms with Crippen molar-refractivity contribution < 1.29 is 14.3 Å². The molecule has 2 aromatic rings. The summed E-state index contributed by atoms with van der Waals surface area (Å²) >= 11 is 6.77. The lowest BCUT2D eigenvalue weighted by atomic mass is 10.2. The molecule has 2 rings (SSSR count). The first-order chi connectivity index (χ1) is 11.5. The molecular weight excluding hydrogens is 438 g/mol. The number of hydrogen-bond acceptors (Lipinski definition) is 3. The van der Waals surface area contributed by atoms with Crippen molar-refractivity contribution in [2.75, 3.05) is 11.9 Å². The molecule has 128 valence electrons. The molecule has 0 fully saturated rings. The zero-order chi connectivity index (χ0) is 17.5. The van der Waals surface area contributed by atoms with Gasteiger partial charge in [0.25, 0.3) is 5.91 Å². The van der Waals surface area contributed by atoms with Crippen molar-refractivity contribution in [1.82, 2.24) is 0 Å². The minimum Gasteiger partial charge on any atom is -0.491 e. The maximum Gasteiger partial charge on any atom is 0.262 e. The SMILES string of the molecule is CCC(C)Oc1cccc(NC(=O)COc2ccc(Br)cc2Br)c1. The van der Waals surface area contributed by atoms with E-state index in [2.05, 4.69) is 44.1 Å². The molecule has 2 aromatic carbocycles. The Balaban J connectivity index is 1.91. The average molecular weight is 457 g/mol. The van der Waals surface area contributed by atoms with Gasteiger partial charge < -0.3 is 14.8 Å². The number of halogens is 2. The number of nitrogens with one attached hydrogen (secondary N) is 1. The predicted molar refractivity (Wildman–Crippen MR) is 103 cm³/mol. The van der Waals surface area contributed by atoms with Crippen molar-refractivity contribution in [2.24, 2.45) is 0 Å². The molecule has 0 aliphatic carbocycles. The molecule has 1 unspecified atom stereocenters. The quantitative estimate of drug-likeness (QED) is 0.606. The Bertz CT molecular complexity index is 706. The number of ether oxygens (including phenoxy) is 2. The Morgan fingerprint density at radius 3 is 2.71 bits per heavy atom. The van der Waals surface area contributed by atoms with E-state index < -0.39 is 0 Å². The molecule has 0 saturated heterocycles. The van der Waals surface area contributed by atoms with E-state index >= 15 is 0 Å². The van der Waals surface area contributed by atoms with Gasteiger partial charge in [-0.1, -0.05) is 28.9 Å². The molecule has 6 heteroatoms. The van der Waals surface area contributed by atoms with Gasteiger partial charge >= 0.3 is 0 Å². The van der Waals surface area contributed by atoms with Crippen LogP contribution in [0.5, 0.6) is 11.5 Å². The molecule has 0 spiro atoms. The highest BCUT2D eigenvalue weighted by atomic mass is 79.9. The Labute approximate surface area is 158 Å². The van der Waals surface area contributed by atoms with E-state index in [1.807, 2.05) is 37.3 Å². The van der Waals surface area contributed by atoms with E-state index in [0.717, 1.165) is 21.1 Å². The zero-order valence-electron chi connectivity index (χ0n) is 13.5. The smallest absolute Gasteiger partial charge is 0.262 e. The molecule has 1 N–H and O–H groups in total. The highest BCUT2D eigenvalue weighted by molar-refractivity contribution is 9.11. The Morgan fingerprint density at radius 2 is 2.00 bits per heavy atom. The van der Waals surface area contributed by atoms with Crippen molar-refractivity contribution in [2.45, 2.75) is 26.4 Å². The molecule has 24 heavy (non-hydrogen) atoms. The summed E-state index contributed by atoms with van der Waals surface area (Å²) in [5.41, 5.74) is 0.680. The van der Waals surface area contributed by atoms with E-state index in [4.69, 9.17) is 9.47 Å². The summed E-state index contributed by atoms with van der Waals surface area (Å²) in [6, 6.07) is 12.9. The van der Waals surface area contributed by atoms with E-state index in [9.17, 15) is 4.79 Å². The number of amides is 1. The molecule has 0 aliphatic heterocycles. The average Bonchev–Trinajstić information content (AvgIpc) is 2.54. The van der Waals surface area contributed by atoms with Gasteiger partial charge in [-0.05, 0) is 59.6 Å². The van der Waals surface area contributed by atoms with Crippen LogP contribution in [0.15, 0.2) is 51.4 Å². The van der Waals surface area contributed by atoms with Crippen LogP contribution >= 0.6 is 31.9 Å². The van der Waals surface area contributed by atoms with Gasteiger partial charge in [0.15, 0.2) is 6.61 Å². The number of hydrogen-bond donors (Lipinski definition) is 1. The fourth-order valence-electron chi connectivity index (χ4n) is 1.90. The van der Waals surface area contributed by atoms with Crippen LogP contribution in [0.4, 0.5) is 5.69 Å². The highest BCUT2D eigenvalue weighted by Crippen LogP contribution is 2.28. The molecule has 0 heterocycles. The van der Waals surface area contributed by atoms with Crippen LogP contribution < -0.4 is 14.8 Å². The minimum atomic E-state index is -0.231. The normalized spacial score (nSPS) is 11.7. The third kappa shape index (κ3) is 5.83. The largest absolute Gasteiger partial charge is 0.491 e. The van der Waals surface area contributed by atoms with E-state index in [1.165, 1.54) is 0 Å². The van der Waals surface area contributed by atoms with Gasteiger partial charge in [0.05, 0.1) is 10.6 Å². The Hall–Kier alpha value is -1.53. The van der Waals surface area contributed by atoms with Crippen molar-refractivity contribution in [3.8, 4) is 11.5 Å². The maximum atomic E-state index is 12.1. The monoisotopic (exact) mass is 455 g/mol. The van der Waals surface area contributed by atoms with Gasteiger partial charge in [0.2, 0.25) is 0 Å². The number of anilines is 1. The Morgan fingerprint density at radius 1 is 1.21 bits per heavy atom. The number of rotatable bonds is 7. The first-order valence-corrected chi connectivity index (χ1v) is 9.21. The lowest BCUT2D eigenvalue weighted by Gasteiger charge is -2.14. The topological polar surface area (TPSA) is 47.6 Å². The summed E-state index contributed by atoms with van der Waals surface area (Å²) in [4.78, 5) is 12.1. The number of carbonyl (C=O) groups is 1. The third-order valence-corrected chi connectivity index (χ3v) is 4.40. The first kappa shape index (κ1) is 18.8. The van der Waals surface area contributed by atoms with Crippen LogP contribution in [0.3, 0.4) is 0 Å². The minimum absolute atomic E-state index is 0.0727. The molecule has 0 bridgehead atoms. The Kier molecular flexibility index (Phi) is 7.12. The van der Waals surface area contributed by atoms with Crippen LogP contribution in [-0.2, 0) is 4.79 Å². The van der Waals surface area contributed by atoms with Gasteiger partial charge in [-0.2, -0.15) is 0 Å². The lowest BCUT2D eigenvalue weighted by Crippen LogP contribution is -2.20. The molecular formula is C18H19Br2NO3. The number of benzene rings is 2. The van der Waals surface area contributed by atoms with E-state index in [0.29, 0.717) is 11.4 Å². The van der Waals surface area contributed by atoms with Crippen molar-refractivity contribution in [1.29, 1.82) is 0 Å². The first-order valence-electron chi connectivity index (χ1n) is 7.62. The molecule has 0 aromatic heterocycles. The second kappa shape index (κ2) is 9.08. The molecule has 0 aliphatic rings. The second-order valence-corrected chi connectivity index (χ2v) is 7.05. The molecule has 1 amide bonds. The van der Waals surface area contributed by atoms with Crippen LogP contribution in [0.25, 0.3) is 0 Å². The lowest BCUT2D eigenvalue weighted by molar-refractivity contribution is -0.118. The van der Waals surface area contributed by atoms with Crippen molar-refractivity contribution >= 4 is 43.5 Å². The van der Waals surface area contributed by atoms with Gasteiger partial charge in [-0.3, -0.25) is 4.79 Å². The van der Waals surface area contributed by atoms with Gasteiger partial charge in [0.1, 0.15) is 11.5 Å². The summed E-state index contributed by atoms with van der Waals surface area (Å²) in [7, 11) is 0. The summed E-state index contributed by atoms with van der Waals surface area (Å²) < 4.78 is 13.0. The van der Waals surface area contributed by atoms with Gasteiger partial charge in [-0.25, -0.2) is 0 Å². The molecule has 0 radical (unpaired) electrons. The van der Waals surface area contributed by atoms with E-state index in [1.54, 1.807) is 12.1 Å². The fourth-order valence-corrected chi connectivity index (χ4v) is 3.06. The predicted octanol–water partition coefficient (Wildman–Crippen LogP) is 5.41. The standard InChI is InChI=1S/C18H19Br2NO3/c1-3-12(2)24-15-6-4-5-14(10-15)21-18(22)11-23-17-8-7-13(19)9-16(17)20/h4-10,12H,3,11H2,1-2H3,(H,21,22). The van der Waals surface area contributed by atoms with Crippen LogP contribution in [0, 0.1) is 0 Å². The fraction of sp³-hybridized carbons (Fsp3) is 0.278. The molecule has 0 saturated carbocycles. The highest BCUT2D eigenvalue weighted by Gasteiger charge is 2.08.